The molecule has 1 atom stereocenters. The van der Waals surface area contributed by atoms with E-state index in [9.17, 15) is 17.8 Å². The van der Waals surface area contributed by atoms with Gasteiger partial charge in [0.25, 0.3) is 0 Å². The molecule has 1 aromatic heterocycles. The third-order valence-corrected chi connectivity index (χ3v) is 7.58. The molecular weight excluding hydrogens is 472 g/mol. The Labute approximate surface area is 176 Å². The number of amides is 1. The Morgan fingerprint density at radius 1 is 1.32 bits per heavy atom. The molecule has 0 radical (unpaired) electrons. The predicted molar refractivity (Wildman–Crippen MR) is 108 cm³/mol. The van der Waals surface area contributed by atoms with E-state index in [-0.39, 0.29) is 28.3 Å². The van der Waals surface area contributed by atoms with Gasteiger partial charge in [0.2, 0.25) is 5.91 Å². The highest BCUT2D eigenvalue weighted by Crippen LogP contribution is 2.36. The van der Waals surface area contributed by atoms with Crippen LogP contribution in [0, 0.1) is 16.4 Å². The van der Waals surface area contributed by atoms with Crippen LogP contribution in [0.5, 0.6) is 0 Å². The van der Waals surface area contributed by atoms with Gasteiger partial charge in [0.15, 0.2) is 4.77 Å². The summed E-state index contributed by atoms with van der Waals surface area (Å²) in [6.45, 7) is 1.34. The number of rotatable bonds is 3. The van der Waals surface area contributed by atoms with Crippen LogP contribution in [0.3, 0.4) is 0 Å². The lowest BCUT2D eigenvalue weighted by atomic mass is 9.95. The van der Waals surface area contributed by atoms with Crippen LogP contribution >= 0.6 is 28.1 Å². The van der Waals surface area contributed by atoms with Gasteiger partial charge in [-0.2, -0.15) is 0 Å². The standard InChI is InChI=1S/C18H18BrF2N3O2S2/c19-11-1-2-12(20)16(17(11)21)10-7-14-13(22-18(27)24(14)9-10)8-15(25)23-3-5-28(26)6-4-23/h1-2,10H,3-9H2,(H,22,27)/t10-/m1/s1. The van der Waals surface area contributed by atoms with Crippen molar-refractivity contribution >= 4 is 44.9 Å². The fourth-order valence-corrected chi connectivity index (χ4v) is 5.61. The molecule has 0 bridgehead atoms. The van der Waals surface area contributed by atoms with Crippen molar-refractivity contribution in [2.45, 2.75) is 25.3 Å². The lowest BCUT2D eigenvalue weighted by Crippen LogP contribution is -2.42. The van der Waals surface area contributed by atoms with E-state index >= 15 is 0 Å². The van der Waals surface area contributed by atoms with Gasteiger partial charge in [-0.3, -0.25) is 9.00 Å². The third-order valence-electron chi connectivity index (χ3n) is 5.37. The maximum atomic E-state index is 14.5. The van der Waals surface area contributed by atoms with Crippen molar-refractivity contribution < 1.29 is 17.8 Å². The van der Waals surface area contributed by atoms with Crippen LogP contribution in [-0.4, -0.2) is 49.2 Å². The number of carbonyl (C=O) groups excluding carboxylic acids is 1. The minimum Gasteiger partial charge on any atom is -0.341 e. The molecular formula is C18H18BrF2N3O2S2. The van der Waals surface area contributed by atoms with Crippen molar-refractivity contribution in [3.05, 3.63) is 50.0 Å². The van der Waals surface area contributed by atoms with Gasteiger partial charge in [0.1, 0.15) is 11.6 Å². The molecule has 2 aromatic rings. The molecule has 2 aliphatic rings. The van der Waals surface area contributed by atoms with Crippen molar-refractivity contribution in [1.29, 1.82) is 0 Å². The van der Waals surface area contributed by atoms with E-state index in [1.54, 1.807) is 4.90 Å². The van der Waals surface area contributed by atoms with Crippen LogP contribution in [0.15, 0.2) is 16.6 Å². The summed E-state index contributed by atoms with van der Waals surface area (Å²) in [6, 6.07) is 2.60. The number of hydrogen-bond donors (Lipinski definition) is 1. The maximum Gasteiger partial charge on any atom is 0.228 e. The summed E-state index contributed by atoms with van der Waals surface area (Å²) >= 11 is 8.48. The smallest absolute Gasteiger partial charge is 0.228 e. The topological polar surface area (TPSA) is 58.1 Å². The van der Waals surface area contributed by atoms with Gasteiger partial charge in [-0.1, -0.05) is 0 Å². The second kappa shape index (κ2) is 7.79. The van der Waals surface area contributed by atoms with Crippen molar-refractivity contribution in [3.63, 3.8) is 0 Å². The molecule has 1 aromatic carbocycles. The highest BCUT2D eigenvalue weighted by Gasteiger charge is 2.32. The Morgan fingerprint density at radius 2 is 2.04 bits per heavy atom. The number of carbonyl (C=O) groups is 1. The number of hydrogen-bond acceptors (Lipinski definition) is 3. The minimum atomic E-state index is -0.849. The Balaban J connectivity index is 1.56. The van der Waals surface area contributed by atoms with Crippen LogP contribution in [0.4, 0.5) is 8.78 Å². The average Bonchev–Trinajstić information content (AvgIpc) is 3.20. The van der Waals surface area contributed by atoms with Gasteiger partial charge in [0.05, 0.1) is 10.9 Å². The summed E-state index contributed by atoms with van der Waals surface area (Å²) in [5, 5.41) is 0. The van der Waals surface area contributed by atoms with E-state index < -0.39 is 22.4 Å². The molecule has 0 unspecified atom stereocenters. The van der Waals surface area contributed by atoms with Gasteiger partial charge in [-0.25, -0.2) is 8.78 Å². The summed E-state index contributed by atoms with van der Waals surface area (Å²) in [5.41, 5.74) is 1.56. The molecule has 0 aliphatic carbocycles. The highest BCUT2D eigenvalue weighted by molar-refractivity contribution is 9.10. The number of H-pyrrole nitrogens is 1. The molecule has 150 valence electrons. The molecule has 1 fully saturated rings. The normalized spacial score (nSPS) is 19.8. The molecule has 0 spiro atoms. The van der Waals surface area contributed by atoms with E-state index in [2.05, 4.69) is 20.9 Å². The van der Waals surface area contributed by atoms with Crippen LogP contribution in [0.1, 0.15) is 22.9 Å². The SMILES string of the molecule is O=C(Cc1[nH]c(=S)n2c1C[C@@H](c1c(F)ccc(Br)c1F)C2)N1CCS(=O)CC1. The third kappa shape index (κ3) is 3.61. The van der Waals surface area contributed by atoms with Gasteiger partial charge in [0, 0.05) is 64.8 Å². The molecule has 0 saturated carbocycles. The summed E-state index contributed by atoms with van der Waals surface area (Å²) in [4.78, 5) is 17.4. The van der Waals surface area contributed by atoms with Crippen LogP contribution in [-0.2, 0) is 35.0 Å². The first-order valence-electron chi connectivity index (χ1n) is 8.92. The number of nitrogens with zero attached hydrogens (tertiary/aromatic N) is 2. The average molecular weight is 490 g/mol. The monoisotopic (exact) mass is 489 g/mol. The van der Waals surface area contributed by atoms with Crippen LogP contribution in [0.2, 0.25) is 0 Å². The first kappa shape index (κ1) is 19.9. The molecule has 10 heteroatoms. The molecule has 5 nitrogen and oxygen atoms in total. The summed E-state index contributed by atoms with van der Waals surface area (Å²) in [6.07, 6.45) is 0.554. The maximum absolute atomic E-state index is 14.5. The van der Waals surface area contributed by atoms with E-state index in [0.29, 0.717) is 48.0 Å². The number of imidazole rings is 1. The highest BCUT2D eigenvalue weighted by atomic mass is 79.9. The lowest BCUT2D eigenvalue weighted by Gasteiger charge is -2.26. The van der Waals surface area contributed by atoms with Crippen molar-refractivity contribution in [2.75, 3.05) is 24.6 Å². The second-order valence-electron chi connectivity index (χ2n) is 7.03. The zero-order valence-electron chi connectivity index (χ0n) is 14.8. The number of aromatic nitrogens is 2. The lowest BCUT2D eigenvalue weighted by molar-refractivity contribution is -0.130. The largest absolute Gasteiger partial charge is 0.341 e. The van der Waals surface area contributed by atoms with Gasteiger partial charge in [-0.15, -0.1) is 0 Å². The van der Waals surface area contributed by atoms with E-state index in [4.69, 9.17) is 12.2 Å². The van der Waals surface area contributed by atoms with Crippen molar-refractivity contribution in [1.82, 2.24) is 14.5 Å². The molecule has 1 saturated heterocycles. The van der Waals surface area contributed by atoms with Crippen molar-refractivity contribution in [2.24, 2.45) is 0 Å². The zero-order valence-corrected chi connectivity index (χ0v) is 18.1. The van der Waals surface area contributed by atoms with E-state index in [1.165, 1.54) is 12.1 Å². The number of fused-ring (bicyclic) bond motifs is 1. The molecule has 2 aliphatic heterocycles. The van der Waals surface area contributed by atoms with Crippen LogP contribution in [0.25, 0.3) is 0 Å². The fourth-order valence-electron chi connectivity index (χ4n) is 3.91. The summed E-state index contributed by atoms with van der Waals surface area (Å²) in [5.74, 6) is -0.609. The fraction of sp³-hybridized carbons (Fsp3) is 0.444. The Morgan fingerprint density at radius 3 is 2.75 bits per heavy atom. The van der Waals surface area contributed by atoms with Gasteiger partial charge >= 0.3 is 0 Å². The van der Waals surface area contributed by atoms with E-state index in [1.807, 2.05) is 4.57 Å². The first-order chi connectivity index (χ1) is 13.3. The Hall–Kier alpha value is -1.39. The number of halogens is 3. The first-order valence-corrected chi connectivity index (χ1v) is 11.6. The molecule has 4 rings (SSSR count). The van der Waals surface area contributed by atoms with Gasteiger partial charge < -0.3 is 14.5 Å². The Bertz CT molecular complexity index is 1030. The second-order valence-corrected chi connectivity index (χ2v) is 9.97. The zero-order chi connectivity index (χ0) is 20.0. The van der Waals surface area contributed by atoms with Gasteiger partial charge in [-0.05, 0) is 46.7 Å². The van der Waals surface area contributed by atoms with Crippen LogP contribution < -0.4 is 0 Å². The Kier molecular flexibility index (Phi) is 5.54. The number of aromatic amines is 1. The molecule has 1 N–H and O–H groups in total. The van der Waals surface area contributed by atoms with Crippen molar-refractivity contribution in [3.8, 4) is 0 Å². The molecule has 28 heavy (non-hydrogen) atoms. The summed E-state index contributed by atoms with van der Waals surface area (Å²) in [7, 11) is -0.849. The minimum absolute atomic E-state index is 0.0447. The number of benzene rings is 1. The number of nitrogens with one attached hydrogen (secondary N) is 1. The summed E-state index contributed by atoms with van der Waals surface area (Å²) < 4.78 is 42.8. The van der Waals surface area contributed by atoms with E-state index in [0.717, 1.165) is 5.69 Å². The predicted octanol–water partition coefficient (Wildman–Crippen LogP) is 3.06. The molecule has 1 amide bonds. The molecule has 3 heterocycles. The quantitative estimate of drug-likeness (QED) is 0.532.